The summed E-state index contributed by atoms with van der Waals surface area (Å²) in [7, 11) is 0. The van der Waals surface area contributed by atoms with Crippen LogP contribution >= 0.6 is 0 Å². The molecule has 2 aromatic carbocycles. The molecule has 108 valence electrons. The summed E-state index contributed by atoms with van der Waals surface area (Å²) < 4.78 is 26.3. The Morgan fingerprint density at radius 3 is 2.57 bits per heavy atom. The molecule has 0 aliphatic heterocycles. The lowest BCUT2D eigenvalue weighted by molar-refractivity contribution is 0.510. The summed E-state index contributed by atoms with van der Waals surface area (Å²) in [6, 6.07) is 11.9. The molecule has 1 aromatic heterocycles. The molecule has 0 aliphatic carbocycles. The van der Waals surface area contributed by atoms with Crippen LogP contribution in [0.15, 0.2) is 42.5 Å². The number of aromatic nitrogens is 2. The molecule has 1 unspecified atom stereocenters. The molecule has 1 heterocycles. The van der Waals surface area contributed by atoms with Gasteiger partial charge in [0.25, 0.3) is 0 Å². The third-order valence-corrected chi connectivity index (χ3v) is 3.48. The highest BCUT2D eigenvalue weighted by atomic mass is 19.2. The van der Waals surface area contributed by atoms with Gasteiger partial charge in [-0.2, -0.15) is 0 Å². The van der Waals surface area contributed by atoms with Gasteiger partial charge in [0, 0.05) is 12.1 Å². The number of nitrogens with zero attached hydrogens (tertiary/aromatic N) is 1. The number of aryl methyl sites for hydroxylation is 1. The lowest BCUT2D eigenvalue weighted by Gasteiger charge is -2.08. The Balaban J connectivity index is 1.77. The van der Waals surface area contributed by atoms with Gasteiger partial charge < -0.3 is 10.7 Å². The number of hydrogen-bond acceptors (Lipinski definition) is 2. The van der Waals surface area contributed by atoms with Crippen molar-refractivity contribution in [3.63, 3.8) is 0 Å². The number of imidazole rings is 1. The Bertz CT molecular complexity index is 714. The molecule has 0 fully saturated rings. The monoisotopic (exact) mass is 287 g/mol. The lowest BCUT2D eigenvalue weighted by Crippen LogP contribution is -2.13. The summed E-state index contributed by atoms with van der Waals surface area (Å²) in [5, 5.41) is 0. The molecule has 0 spiro atoms. The second kappa shape index (κ2) is 5.61. The number of nitrogens with one attached hydrogen (secondary N) is 1. The van der Waals surface area contributed by atoms with E-state index >= 15 is 0 Å². The highest BCUT2D eigenvalue weighted by Crippen LogP contribution is 2.20. The van der Waals surface area contributed by atoms with E-state index in [9.17, 15) is 8.78 Å². The van der Waals surface area contributed by atoms with E-state index in [1.807, 2.05) is 30.3 Å². The summed E-state index contributed by atoms with van der Waals surface area (Å²) in [5.41, 5.74) is 8.14. The lowest BCUT2D eigenvalue weighted by atomic mass is 10.1. The van der Waals surface area contributed by atoms with Gasteiger partial charge in [-0.15, -0.1) is 0 Å². The average molecular weight is 287 g/mol. The Hall–Kier alpha value is -2.27. The number of halogens is 2. The summed E-state index contributed by atoms with van der Waals surface area (Å²) in [4.78, 5) is 7.20. The van der Waals surface area contributed by atoms with Crippen molar-refractivity contribution < 1.29 is 8.78 Å². The molecule has 0 saturated carbocycles. The molecule has 3 rings (SSSR count). The Morgan fingerprint density at radius 1 is 1.10 bits per heavy atom. The predicted molar refractivity (Wildman–Crippen MR) is 77.7 cm³/mol. The van der Waals surface area contributed by atoms with Crippen molar-refractivity contribution >= 4 is 11.0 Å². The number of nitrogens with two attached hydrogens (primary N) is 1. The maximum absolute atomic E-state index is 13.2. The molecule has 21 heavy (non-hydrogen) atoms. The van der Waals surface area contributed by atoms with Gasteiger partial charge in [0.15, 0.2) is 11.6 Å². The topological polar surface area (TPSA) is 54.7 Å². The highest BCUT2D eigenvalue weighted by Gasteiger charge is 2.13. The van der Waals surface area contributed by atoms with Crippen LogP contribution in [0.1, 0.15) is 23.9 Å². The fraction of sp³-hybridized carbons (Fsp3) is 0.188. The van der Waals surface area contributed by atoms with E-state index in [2.05, 4.69) is 9.97 Å². The van der Waals surface area contributed by atoms with Gasteiger partial charge in [0.1, 0.15) is 5.82 Å². The first-order chi connectivity index (χ1) is 10.1. The van der Waals surface area contributed by atoms with Gasteiger partial charge in [0.2, 0.25) is 0 Å². The summed E-state index contributed by atoms with van der Waals surface area (Å²) in [6.45, 7) is 0. The normalized spacial score (nSPS) is 12.7. The third-order valence-electron chi connectivity index (χ3n) is 3.48. The molecule has 0 radical (unpaired) electrons. The average Bonchev–Trinajstić information content (AvgIpc) is 2.89. The standard InChI is InChI=1S/C16H15F2N3/c17-11-8-14-15(9-12(11)18)21-16(20-14)13(19)7-6-10-4-2-1-3-5-10/h1-5,8-9,13H,6-7,19H2,(H,20,21). The molecule has 5 heteroatoms. The van der Waals surface area contributed by atoms with Crippen molar-refractivity contribution in [3.8, 4) is 0 Å². The van der Waals surface area contributed by atoms with Crippen LogP contribution < -0.4 is 5.73 Å². The Morgan fingerprint density at radius 2 is 1.81 bits per heavy atom. The van der Waals surface area contributed by atoms with Crippen molar-refractivity contribution in [2.45, 2.75) is 18.9 Å². The first-order valence-electron chi connectivity index (χ1n) is 6.77. The van der Waals surface area contributed by atoms with Crippen molar-refractivity contribution in [2.75, 3.05) is 0 Å². The zero-order valence-electron chi connectivity index (χ0n) is 11.3. The minimum absolute atomic E-state index is 0.302. The summed E-state index contributed by atoms with van der Waals surface area (Å²) >= 11 is 0. The van der Waals surface area contributed by atoms with Crippen molar-refractivity contribution in [3.05, 3.63) is 65.5 Å². The third kappa shape index (κ3) is 2.92. The molecule has 0 saturated heterocycles. The van der Waals surface area contributed by atoms with E-state index in [1.165, 1.54) is 5.56 Å². The van der Waals surface area contributed by atoms with Crippen LogP contribution in [-0.2, 0) is 6.42 Å². The SMILES string of the molecule is NC(CCc1ccccc1)c1nc2cc(F)c(F)cc2[nH]1. The number of fused-ring (bicyclic) bond motifs is 1. The van der Waals surface area contributed by atoms with Crippen LogP contribution in [0.4, 0.5) is 8.78 Å². The smallest absolute Gasteiger partial charge is 0.161 e. The molecule has 1 atom stereocenters. The molecule has 3 N–H and O–H groups in total. The zero-order valence-corrected chi connectivity index (χ0v) is 11.3. The van der Waals surface area contributed by atoms with Gasteiger partial charge >= 0.3 is 0 Å². The van der Waals surface area contributed by atoms with Crippen LogP contribution in [0.2, 0.25) is 0 Å². The molecule has 3 nitrogen and oxygen atoms in total. The number of hydrogen-bond donors (Lipinski definition) is 2. The van der Waals surface area contributed by atoms with E-state index in [4.69, 9.17) is 5.73 Å². The molecular formula is C16H15F2N3. The Labute approximate surface area is 120 Å². The molecule has 0 amide bonds. The first-order valence-corrected chi connectivity index (χ1v) is 6.77. The molecule has 0 aliphatic rings. The van der Waals surface area contributed by atoms with Crippen LogP contribution in [0.3, 0.4) is 0 Å². The van der Waals surface area contributed by atoms with Crippen LogP contribution in [0.5, 0.6) is 0 Å². The van der Waals surface area contributed by atoms with E-state index in [1.54, 1.807) is 0 Å². The minimum Gasteiger partial charge on any atom is -0.341 e. The number of benzene rings is 2. The maximum Gasteiger partial charge on any atom is 0.161 e. The van der Waals surface area contributed by atoms with Crippen molar-refractivity contribution in [2.24, 2.45) is 5.73 Å². The van der Waals surface area contributed by atoms with Crippen LogP contribution in [0, 0.1) is 11.6 Å². The summed E-state index contributed by atoms with van der Waals surface area (Å²) in [6.07, 6.45) is 1.52. The zero-order chi connectivity index (χ0) is 14.8. The highest BCUT2D eigenvalue weighted by molar-refractivity contribution is 5.75. The summed E-state index contributed by atoms with van der Waals surface area (Å²) in [5.74, 6) is -1.25. The Kier molecular flexibility index (Phi) is 3.66. The first kappa shape index (κ1) is 13.7. The second-order valence-corrected chi connectivity index (χ2v) is 5.04. The molecule has 3 aromatic rings. The van der Waals surface area contributed by atoms with E-state index in [0.717, 1.165) is 18.6 Å². The number of H-pyrrole nitrogens is 1. The van der Waals surface area contributed by atoms with Crippen LogP contribution in [0.25, 0.3) is 11.0 Å². The van der Waals surface area contributed by atoms with Gasteiger partial charge in [-0.25, -0.2) is 13.8 Å². The maximum atomic E-state index is 13.2. The van der Waals surface area contributed by atoms with Crippen LogP contribution in [-0.4, -0.2) is 9.97 Å². The molecule has 0 bridgehead atoms. The van der Waals surface area contributed by atoms with Gasteiger partial charge in [-0.05, 0) is 18.4 Å². The number of rotatable bonds is 4. The predicted octanol–water partition coefficient (Wildman–Crippen LogP) is 3.47. The van der Waals surface area contributed by atoms with E-state index in [-0.39, 0.29) is 6.04 Å². The van der Waals surface area contributed by atoms with Gasteiger partial charge in [-0.3, -0.25) is 0 Å². The fourth-order valence-corrected chi connectivity index (χ4v) is 2.30. The van der Waals surface area contributed by atoms with Crippen molar-refractivity contribution in [1.29, 1.82) is 0 Å². The number of aromatic amines is 1. The van der Waals surface area contributed by atoms with Crippen molar-refractivity contribution in [1.82, 2.24) is 9.97 Å². The molecular weight excluding hydrogens is 272 g/mol. The van der Waals surface area contributed by atoms with Gasteiger partial charge in [-0.1, -0.05) is 30.3 Å². The van der Waals surface area contributed by atoms with E-state index < -0.39 is 11.6 Å². The minimum atomic E-state index is -0.904. The quantitative estimate of drug-likeness (QED) is 0.772. The fourth-order valence-electron chi connectivity index (χ4n) is 2.30. The second-order valence-electron chi connectivity index (χ2n) is 5.04. The largest absolute Gasteiger partial charge is 0.341 e. The van der Waals surface area contributed by atoms with Gasteiger partial charge in [0.05, 0.1) is 17.1 Å². The van der Waals surface area contributed by atoms with E-state index in [0.29, 0.717) is 23.3 Å².